The van der Waals surface area contributed by atoms with Crippen molar-refractivity contribution in [2.24, 2.45) is 0 Å². The van der Waals surface area contributed by atoms with Crippen molar-refractivity contribution in [3.63, 3.8) is 0 Å². The highest BCUT2D eigenvalue weighted by Gasteiger charge is 2.37. The largest absolute Gasteiger partial charge is 0.493 e. The van der Waals surface area contributed by atoms with Gasteiger partial charge in [-0.3, -0.25) is 24.1 Å². The normalized spacial score (nSPS) is 16.6. The molecule has 0 bridgehead atoms. The van der Waals surface area contributed by atoms with Crippen molar-refractivity contribution in [1.29, 1.82) is 0 Å². The Morgan fingerprint density at radius 2 is 1.81 bits per heavy atom. The highest BCUT2D eigenvalue weighted by molar-refractivity contribution is 8.18. The van der Waals surface area contributed by atoms with Crippen molar-refractivity contribution < 1.29 is 28.7 Å². The maximum Gasteiger partial charge on any atom is 0.294 e. The summed E-state index contributed by atoms with van der Waals surface area (Å²) in [6.07, 6.45) is 3.37. The molecule has 0 aromatic heterocycles. The van der Waals surface area contributed by atoms with E-state index < -0.39 is 11.1 Å². The number of benzene rings is 2. The molecule has 0 unspecified atom stereocenters. The molecule has 2 fully saturated rings. The Bertz CT molecular complexity index is 1200. The third-order valence-corrected chi connectivity index (χ3v) is 6.73. The molecule has 0 radical (unpaired) electrons. The van der Waals surface area contributed by atoms with Gasteiger partial charge in [-0.1, -0.05) is 29.8 Å². The van der Waals surface area contributed by atoms with E-state index >= 15 is 0 Å². The summed E-state index contributed by atoms with van der Waals surface area (Å²) in [5, 5.41) is 2.27. The molecule has 2 aromatic carbocycles. The second kappa shape index (κ2) is 11.3. The number of anilines is 1. The van der Waals surface area contributed by atoms with Gasteiger partial charge in [-0.15, -0.1) is 0 Å². The van der Waals surface area contributed by atoms with Gasteiger partial charge in [0.1, 0.15) is 6.54 Å². The number of ether oxygens (including phenoxy) is 2. The average Bonchev–Trinajstić information content (AvgIpc) is 3.49. The number of likely N-dealkylation sites (tertiary alicyclic amines) is 1. The number of nitrogens with one attached hydrogen (secondary N) is 1. The molecule has 0 saturated carbocycles. The van der Waals surface area contributed by atoms with E-state index in [0.29, 0.717) is 30.1 Å². The van der Waals surface area contributed by atoms with Crippen LogP contribution in [0.2, 0.25) is 0 Å². The van der Waals surface area contributed by atoms with Crippen LogP contribution in [-0.2, 0) is 14.4 Å². The number of carbonyl (C=O) groups is 4. The molecule has 1 N–H and O–H groups in total. The summed E-state index contributed by atoms with van der Waals surface area (Å²) in [6, 6.07) is 12.5. The van der Waals surface area contributed by atoms with Crippen LogP contribution in [0.4, 0.5) is 10.5 Å². The lowest BCUT2D eigenvalue weighted by atomic mass is 10.1. The van der Waals surface area contributed by atoms with Gasteiger partial charge in [-0.05, 0) is 55.8 Å². The molecule has 2 aliphatic rings. The lowest BCUT2D eigenvalue weighted by molar-refractivity contribution is -0.135. The standard InChI is InChI=1S/C26H27N3O6S/c1-17-8-10-19(11-9-17)27-22(30)16-35-24-18(6-5-7-20(24)34-2)14-21-25(32)29(26(33)36-21)15-23(31)28-12-3-4-13-28/h5-11,14H,3-4,12-13,15-16H2,1-2H3,(H,27,30)/b21-14+. The van der Waals surface area contributed by atoms with E-state index in [2.05, 4.69) is 5.32 Å². The predicted octanol–water partition coefficient (Wildman–Crippen LogP) is 3.68. The summed E-state index contributed by atoms with van der Waals surface area (Å²) in [7, 11) is 1.47. The van der Waals surface area contributed by atoms with E-state index in [1.807, 2.05) is 19.1 Å². The first-order chi connectivity index (χ1) is 17.4. The molecule has 9 nitrogen and oxygen atoms in total. The Hall–Kier alpha value is -3.79. The van der Waals surface area contributed by atoms with E-state index in [4.69, 9.17) is 9.47 Å². The number of imide groups is 1. The minimum Gasteiger partial charge on any atom is -0.493 e. The van der Waals surface area contributed by atoms with Gasteiger partial charge in [0.15, 0.2) is 18.1 Å². The number of para-hydroxylation sites is 1. The molecule has 0 spiro atoms. The first-order valence-corrected chi connectivity index (χ1v) is 12.4. The molecule has 4 amide bonds. The van der Waals surface area contributed by atoms with Gasteiger partial charge in [-0.2, -0.15) is 0 Å². The molecular weight excluding hydrogens is 482 g/mol. The molecular formula is C26H27N3O6S. The SMILES string of the molecule is COc1cccc(/C=C2/SC(=O)N(CC(=O)N3CCCC3)C2=O)c1OCC(=O)Nc1ccc(C)cc1. The molecule has 188 valence electrons. The van der Waals surface area contributed by atoms with Crippen LogP contribution in [0.3, 0.4) is 0 Å². The van der Waals surface area contributed by atoms with Crippen molar-refractivity contribution in [3.8, 4) is 11.5 Å². The number of thioether (sulfide) groups is 1. The second-order valence-corrected chi connectivity index (χ2v) is 9.43. The zero-order valence-electron chi connectivity index (χ0n) is 20.1. The van der Waals surface area contributed by atoms with Crippen LogP contribution in [-0.4, -0.2) is 66.1 Å². The number of aryl methyl sites for hydroxylation is 1. The zero-order valence-corrected chi connectivity index (χ0v) is 20.9. The number of hydrogen-bond donors (Lipinski definition) is 1. The third kappa shape index (κ3) is 5.88. The molecule has 2 heterocycles. The first-order valence-electron chi connectivity index (χ1n) is 11.5. The summed E-state index contributed by atoms with van der Waals surface area (Å²) >= 11 is 0.763. The minimum absolute atomic E-state index is 0.163. The topological polar surface area (TPSA) is 105 Å². The van der Waals surface area contributed by atoms with Gasteiger partial charge in [-0.25, -0.2) is 0 Å². The van der Waals surface area contributed by atoms with Gasteiger partial charge in [0, 0.05) is 24.3 Å². The van der Waals surface area contributed by atoms with Crippen LogP contribution in [0.1, 0.15) is 24.0 Å². The maximum atomic E-state index is 12.9. The van der Waals surface area contributed by atoms with E-state index in [-0.39, 0.29) is 35.6 Å². The van der Waals surface area contributed by atoms with E-state index in [0.717, 1.165) is 35.1 Å². The third-order valence-electron chi connectivity index (χ3n) is 5.82. The Labute approximate surface area is 213 Å². The number of amides is 4. The average molecular weight is 510 g/mol. The van der Waals surface area contributed by atoms with Crippen molar-refractivity contribution in [1.82, 2.24) is 9.80 Å². The second-order valence-electron chi connectivity index (χ2n) is 8.44. The van der Waals surface area contributed by atoms with Gasteiger partial charge >= 0.3 is 0 Å². The summed E-state index contributed by atoms with van der Waals surface area (Å²) in [5.74, 6) is -0.504. The van der Waals surface area contributed by atoms with Crippen molar-refractivity contribution in [2.75, 3.05) is 38.7 Å². The van der Waals surface area contributed by atoms with Crippen molar-refractivity contribution >= 4 is 46.5 Å². The zero-order chi connectivity index (χ0) is 25.7. The van der Waals surface area contributed by atoms with E-state index in [1.54, 1.807) is 35.2 Å². The van der Waals surface area contributed by atoms with Crippen LogP contribution >= 0.6 is 11.8 Å². The van der Waals surface area contributed by atoms with Crippen LogP contribution < -0.4 is 14.8 Å². The van der Waals surface area contributed by atoms with E-state index in [1.165, 1.54) is 13.2 Å². The van der Waals surface area contributed by atoms with Gasteiger partial charge in [0.25, 0.3) is 17.1 Å². The summed E-state index contributed by atoms with van der Waals surface area (Å²) in [5.41, 5.74) is 2.19. The smallest absolute Gasteiger partial charge is 0.294 e. The van der Waals surface area contributed by atoms with Crippen LogP contribution in [0.25, 0.3) is 6.08 Å². The molecule has 2 aromatic rings. The predicted molar refractivity (Wildman–Crippen MR) is 137 cm³/mol. The fraction of sp³-hybridized carbons (Fsp3) is 0.308. The number of carbonyl (C=O) groups excluding carboxylic acids is 4. The molecule has 36 heavy (non-hydrogen) atoms. The van der Waals surface area contributed by atoms with E-state index in [9.17, 15) is 19.2 Å². The van der Waals surface area contributed by atoms with Gasteiger partial charge in [0.2, 0.25) is 5.91 Å². The highest BCUT2D eigenvalue weighted by atomic mass is 32.2. The highest BCUT2D eigenvalue weighted by Crippen LogP contribution is 2.37. The molecule has 2 aliphatic heterocycles. The summed E-state index contributed by atoms with van der Waals surface area (Å²) in [4.78, 5) is 53.1. The molecule has 0 aliphatic carbocycles. The van der Waals surface area contributed by atoms with Crippen molar-refractivity contribution in [2.45, 2.75) is 19.8 Å². The number of hydrogen-bond acceptors (Lipinski definition) is 7. The van der Waals surface area contributed by atoms with Crippen LogP contribution in [0.5, 0.6) is 11.5 Å². The van der Waals surface area contributed by atoms with Gasteiger partial charge < -0.3 is 19.7 Å². The number of rotatable bonds is 8. The van der Waals surface area contributed by atoms with Gasteiger partial charge in [0.05, 0.1) is 12.0 Å². The van der Waals surface area contributed by atoms with Crippen molar-refractivity contribution in [3.05, 3.63) is 58.5 Å². The fourth-order valence-corrected chi connectivity index (χ4v) is 4.74. The molecule has 10 heteroatoms. The fourth-order valence-electron chi connectivity index (χ4n) is 3.91. The minimum atomic E-state index is -0.538. The quantitative estimate of drug-likeness (QED) is 0.541. The lowest BCUT2D eigenvalue weighted by Gasteiger charge is -2.18. The first kappa shape index (κ1) is 25.3. The Balaban J connectivity index is 1.47. The number of nitrogens with zero attached hydrogens (tertiary/aromatic N) is 2. The maximum absolute atomic E-state index is 12.9. The van der Waals surface area contributed by atoms with Crippen LogP contribution in [0, 0.1) is 6.92 Å². The Kier molecular flexibility index (Phi) is 7.94. The molecule has 0 atom stereocenters. The lowest BCUT2D eigenvalue weighted by Crippen LogP contribution is -2.40. The Morgan fingerprint density at radius 3 is 2.50 bits per heavy atom. The monoisotopic (exact) mass is 509 g/mol. The summed E-state index contributed by atoms with van der Waals surface area (Å²) in [6.45, 7) is 2.68. The summed E-state index contributed by atoms with van der Waals surface area (Å²) < 4.78 is 11.2. The molecule has 4 rings (SSSR count). The van der Waals surface area contributed by atoms with Crippen LogP contribution in [0.15, 0.2) is 47.4 Å². The molecule has 2 saturated heterocycles. The number of methoxy groups -OCH3 is 1. The Morgan fingerprint density at radius 1 is 1.08 bits per heavy atom.